The number of benzene rings is 2. The van der Waals surface area contributed by atoms with E-state index in [1.165, 1.54) is 25.6 Å². The van der Waals surface area contributed by atoms with Crippen LogP contribution in [-0.4, -0.2) is 24.2 Å². The second kappa shape index (κ2) is 7.04. The Morgan fingerprint density at radius 1 is 1.00 bits per heavy atom. The number of methoxy groups -OCH3 is 2. The summed E-state index contributed by atoms with van der Waals surface area (Å²) in [4.78, 5) is 8.38. The van der Waals surface area contributed by atoms with Gasteiger partial charge in [-0.15, -0.1) is 0 Å². The first-order valence-electron chi connectivity index (χ1n) is 7.48. The maximum atomic E-state index is 14.2. The van der Waals surface area contributed by atoms with E-state index in [0.29, 0.717) is 22.9 Å². The topological polar surface area (TPSA) is 82.3 Å². The first-order valence-corrected chi connectivity index (χ1v) is 7.48. The first kappa shape index (κ1) is 16.5. The molecule has 0 saturated carbocycles. The molecular weight excluding hydrogens is 323 g/mol. The summed E-state index contributed by atoms with van der Waals surface area (Å²) >= 11 is 0. The van der Waals surface area contributed by atoms with Crippen molar-refractivity contribution in [2.24, 2.45) is 0 Å². The number of anilines is 3. The van der Waals surface area contributed by atoms with Gasteiger partial charge < -0.3 is 20.5 Å². The summed E-state index contributed by atoms with van der Waals surface area (Å²) < 4.78 is 24.5. The molecule has 7 heteroatoms. The molecule has 128 valence electrons. The van der Waals surface area contributed by atoms with E-state index in [1.807, 2.05) is 24.3 Å². The van der Waals surface area contributed by atoms with Crippen LogP contribution in [0.15, 0.2) is 48.8 Å². The molecule has 0 saturated heterocycles. The Labute approximate surface area is 144 Å². The fourth-order valence-electron chi connectivity index (χ4n) is 2.41. The van der Waals surface area contributed by atoms with E-state index < -0.39 is 5.82 Å². The molecule has 0 unspecified atom stereocenters. The van der Waals surface area contributed by atoms with Crippen molar-refractivity contribution in [3.05, 3.63) is 54.6 Å². The predicted molar refractivity (Wildman–Crippen MR) is 94.7 cm³/mol. The highest BCUT2D eigenvalue weighted by atomic mass is 19.1. The molecular formula is C18H17FN4O2. The number of rotatable bonds is 5. The van der Waals surface area contributed by atoms with Crippen LogP contribution >= 0.6 is 0 Å². The molecule has 1 heterocycles. The maximum absolute atomic E-state index is 14.2. The van der Waals surface area contributed by atoms with Gasteiger partial charge in [-0.05, 0) is 18.2 Å². The molecule has 0 radical (unpaired) electrons. The van der Waals surface area contributed by atoms with Crippen LogP contribution in [0.3, 0.4) is 0 Å². The number of nitrogens with one attached hydrogen (secondary N) is 1. The van der Waals surface area contributed by atoms with Gasteiger partial charge in [-0.25, -0.2) is 14.4 Å². The molecule has 0 aliphatic heterocycles. The van der Waals surface area contributed by atoms with Crippen molar-refractivity contribution in [3.8, 4) is 22.8 Å². The molecule has 0 atom stereocenters. The van der Waals surface area contributed by atoms with Gasteiger partial charge >= 0.3 is 0 Å². The van der Waals surface area contributed by atoms with Crippen molar-refractivity contribution >= 4 is 17.2 Å². The number of nitrogen functional groups attached to an aromatic ring is 1. The largest absolute Gasteiger partial charge is 0.496 e. The SMILES string of the molecule is COc1cc(F)c(Nc2cc(-c3ccccc3OC)ncn2)cc1N. The molecule has 25 heavy (non-hydrogen) atoms. The molecule has 0 bridgehead atoms. The molecule has 0 fully saturated rings. The van der Waals surface area contributed by atoms with Crippen LogP contribution in [0, 0.1) is 5.82 Å². The van der Waals surface area contributed by atoms with Crippen LogP contribution < -0.4 is 20.5 Å². The lowest BCUT2D eigenvalue weighted by Crippen LogP contribution is -2.01. The molecule has 6 nitrogen and oxygen atoms in total. The number of halogens is 1. The monoisotopic (exact) mass is 340 g/mol. The van der Waals surface area contributed by atoms with Gasteiger partial charge in [-0.1, -0.05) is 12.1 Å². The van der Waals surface area contributed by atoms with Crippen molar-refractivity contribution in [3.63, 3.8) is 0 Å². The summed E-state index contributed by atoms with van der Waals surface area (Å²) in [5.41, 5.74) is 7.81. The summed E-state index contributed by atoms with van der Waals surface area (Å²) in [5, 5.41) is 2.91. The standard InChI is InChI=1S/C18H17FN4O2/c1-24-16-6-4-3-5-11(16)14-9-18(22-10-21-14)23-15-8-13(20)17(25-2)7-12(15)19/h3-10H,20H2,1-2H3,(H,21,22,23). The third-order valence-corrected chi connectivity index (χ3v) is 3.63. The summed E-state index contributed by atoms with van der Waals surface area (Å²) in [6.45, 7) is 0. The van der Waals surface area contributed by atoms with Crippen LogP contribution in [-0.2, 0) is 0 Å². The Hall–Kier alpha value is -3.35. The summed E-state index contributed by atoms with van der Waals surface area (Å²) in [5.74, 6) is 0.898. The average molecular weight is 340 g/mol. The lowest BCUT2D eigenvalue weighted by atomic mass is 10.1. The van der Waals surface area contributed by atoms with Crippen LogP contribution in [0.5, 0.6) is 11.5 Å². The molecule has 1 aromatic heterocycles. The van der Waals surface area contributed by atoms with Crippen LogP contribution in [0.2, 0.25) is 0 Å². The van der Waals surface area contributed by atoms with Crippen molar-refractivity contribution in [1.82, 2.24) is 9.97 Å². The van der Waals surface area contributed by atoms with E-state index in [9.17, 15) is 4.39 Å². The Kier molecular flexibility index (Phi) is 4.65. The number of nitrogens with zero attached hydrogens (tertiary/aromatic N) is 2. The fourth-order valence-corrected chi connectivity index (χ4v) is 2.41. The zero-order valence-corrected chi connectivity index (χ0v) is 13.8. The first-order chi connectivity index (χ1) is 12.1. The zero-order chi connectivity index (χ0) is 17.8. The molecule has 0 aliphatic carbocycles. The minimum absolute atomic E-state index is 0.197. The summed E-state index contributed by atoms with van der Waals surface area (Å²) in [7, 11) is 3.02. The van der Waals surface area contributed by atoms with Crippen LogP contribution in [0.1, 0.15) is 0 Å². The minimum Gasteiger partial charge on any atom is -0.496 e. The van der Waals surface area contributed by atoms with Gasteiger partial charge in [0.25, 0.3) is 0 Å². The fraction of sp³-hybridized carbons (Fsp3) is 0.111. The zero-order valence-electron chi connectivity index (χ0n) is 13.8. The van der Waals surface area contributed by atoms with E-state index in [4.69, 9.17) is 15.2 Å². The van der Waals surface area contributed by atoms with Crippen LogP contribution in [0.25, 0.3) is 11.3 Å². The van der Waals surface area contributed by atoms with Crippen molar-refractivity contribution in [2.75, 3.05) is 25.3 Å². The molecule has 3 aromatic rings. The van der Waals surface area contributed by atoms with Gasteiger partial charge in [-0.2, -0.15) is 0 Å². The highest BCUT2D eigenvalue weighted by Crippen LogP contribution is 2.32. The minimum atomic E-state index is -0.497. The van der Waals surface area contributed by atoms with E-state index in [2.05, 4.69) is 15.3 Å². The predicted octanol–water partition coefficient (Wildman–Crippen LogP) is 3.63. The van der Waals surface area contributed by atoms with Crippen molar-refractivity contribution in [2.45, 2.75) is 0 Å². The molecule has 3 rings (SSSR count). The maximum Gasteiger partial charge on any atom is 0.150 e. The van der Waals surface area contributed by atoms with Gasteiger partial charge in [0.05, 0.1) is 31.3 Å². The second-order valence-electron chi connectivity index (χ2n) is 5.19. The van der Waals surface area contributed by atoms with E-state index in [-0.39, 0.29) is 11.4 Å². The van der Waals surface area contributed by atoms with E-state index >= 15 is 0 Å². The normalized spacial score (nSPS) is 10.4. The highest BCUT2D eigenvalue weighted by molar-refractivity contribution is 5.72. The Morgan fingerprint density at radius 2 is 1.76 bits per heavy atom. The van der Waals surface area contributed by atoms with Gasteiger partial charge in [-0.3, -0.25) is 0 Å². The number of aromatic nitrogens is 2. The smallest absolute Gasteiger partial charge is 0.150 e. The number of ether oxygens (including phenoxy) is 2. The third-order valence-electron chi connectivity index (χ3n) is 3.63. The number of hydrogen-bond acceptors (Lipinski definition) is 6. The molecule has 0 amide bonds. The summed E-state index contributed by atoms with van der Waals surface area (Å²) in [6.07, 6.45) is 1.40. The number of nitrogens with two attached hydrogens (primary N) is 1. The van der Waals surface area contributed by atoms with E-state index in [0.717, 1.165) is 5.56 Å². The lowest BCUT2D eigenvalue weighted by molar-refractivity contribution is 0.414. The number of hydrogen-bond donors (Lipinski definition) is 2. The van der Waals surface area contributed by atoms with Crippen molar-refractivity contribution < 1.29 is 13.9 Å². The lowest BCUT2D eigenvalue weighted by Gasteiger charge is -2.12. The van der Waals surface area contributed by atoms with Gasteiger partial charge in [0.15, 0.2) is 5.82 Å². The van der Waals surface area contributed by atoms with Crippen molar-refractivity contribution in [1.29, 1.82) is 0 Å². The van der Waals surface area contributed by atoms with Gasteiger partial charge in [0.1, 0.15) is 23.6 Å². The molecule has 0 spiro atoms. The Morgan fingerprint density at radius 3 is 2.52 bits per heavy atom. The highest BCUT2D eigenvalue weighted by Gasteiger charge is 2.11. The molecule has 2 aromatic carbocycles. The molecule has 0 aliphatic rings. The van der Waals surface area contributed by atoms with Gasteiger partial charge in [0, 0.05) is 17.7 Å². The van der Waals surface area contributed by atoms with E-state index in [1.54, 1.807) is 13.2 Å². The quantitative estimate of drug-likeness (QED) is 0.690. The number of para-hydroxylation sites is 1. The Bertz CT molecular complexity index is 902. The third kappa shape index (κ3) is 3.45. The molecule has 3 N–H and O–H groups in total. The van der Waals surface area contributed by atoms with Crippen LogP contribution in [0.4, 0.5) is 21.6 Å². The average Bonchev–Trinajstić information content (AvgIpc) is 2.64. The van der Waals surface area contributed by atoms with Gasteiger partial charge in [0.2, 0.25) is 0 Å². The summed E-state index contributed by atoms with van der Waals surface area (Å²) in [6, 6.07) is 11.9. The second-order valence-corrected chi connectivity index (χ2v) is 5.19. The Balaban J connectivity index is 1.94.